The predicted octanol–water partition coefficient (Wildman–Crippen LogP) is 2.09. The van der Waals surface area contributed by atoms with Gasteiger partial charge in [-0.1, -0.05) is 26.2 Å². The van der Waals surface area contributed by atoms with Gasteiger partial charge in [-0.05, 0) is 31.6 Å². The first-order chi connectivity index (χ1) is 8.28. The molecule has 3 atom stereocenters. The molecule has 3 heteroatoms. The molecule has 0 aromatic heterocycles. The molecule has 1 saturated heterocycles. The molecule has 2 N–H and O–H groups in total. The first-order valence-corrected chi connectivity index (χ1v) is 7.25. The molecule has 0 spiro atoms. The summed E-state index contributed by atoms with van der Waals surface area (Å²) in [6.07, 6.45) is 8.81. The van der Waals surface area contributed by atoms with Crippen molar-refractivity contribution in [1.29, 1.82) is 0 Å². The van der Waals surface area contributed by atoms with Crippen LogP contribution in [0.15, 0.2) is 0 Å². The molecule has 1 heterocycles. The fourth-order valence-corrected chi connectivity index (χ4v) is 3.33. The van der Waals surface area contributed by atoms with Gasteiger partial charge in [0.2, 0.25) is 0 Å². The number of nitrogens with one attached hydrogen (secondary N) is 1. The molecular formula is C14H27NO2. The highest BCUT2D eigenvalue weighted by Gasteiger charge is 2.35. The van der Waals surface area contributed by atoms with Crippen molar-refractivity contribution in [2.45, 2.75) is 63.5 Å². The van der Waals surface area contributed by atoms with Crippen LogP contribution in [-0.2, 0) is 4.74 Å². The number of rotatable bonds is 5. The molecule has 1 aliphatic heterocycles. The van der Waals surface area contributed by atoms with Crippen molar-refractivity contribution < 1.29 is 9.84 Å². The highest BCUT2D eigenvalue weighted by Crippen LogP contribution is 2.34. The smallest absolute Gasteiger partial charge is 0.0700 e. The summed E-state index contributed by atoms with van der Waals surface area (Å²) >= 11 is 0. The lowest BCUT2D eigenvalue weighted by Crippen LogP contribution is -2.53. The van der Waals surface area contributed by atoms with Crippen molar-refractivity contribution in [3.05, 3.63) is 0 Å². The first-order valence-electron chi connectivity index (χ1n) is 7.25. The van der Waals surface area contributed by atoms with E-state index >= 15 is 0 Å². The summed E-state index contributed by atoms with van der Waals surface area (Å²) in [5.41, 5.74) is -0.0229. The van der Waals surface area contributed by atoms with Gasteiger partial charge in [-0.3, -0.25) is 0 Å². The Morgan fingerprint density at radius 1 is 1.35 bits per heavy atom. The van der Waals surface area contributed by atoms with E-state index in [4.69, 9.17) is 4.74 Å². The van der Waals surface area contributed by atoms with E-state index in [1.165, 1.54) is 32.1 Å². The van der Waals surface area contributed by atoms with Crippen LogP contribution in [-0.4, -0.2) is 36.5 Å². The van der Waals surface area contributed by atoms with Crippen LogP contribution in [0, 0.1) is 5.92 Å². The summed E-state index contributed by atoms with van der Waals surface area (Å²) in [7, 11) is 0. The van der Waals surface area contributed by atoms with E-state index in [1.54, 1.807) is 0 Å². The van der Waals surface area contributed by atoms with Crippen LogP contribution in [0.4, 0.5) is 0 Å². The van der Waals surface area contributed by atoms with Gasteiger partial charge in [0.1, 0.15) is 0 Å². The molecule has 0 radical (unpaired) electrons. The number of hydrogen-bond donors (Lipinski definition) is 2. The molecule has 0 aromatic carbocycles. The second-order valence-electron chi connectivity index (χ2n) is 5.82. The summed E-state index contributed by atoms with van der Waals surface area (Å²) in [5, 5.41) is 13.3. The average Bonchev–Trinajstić information content (AvgIpc) is 2.90. The van der Waals surface area contributed by atoms with Crippen molar-refractivity contribution in [2.24, 2.45) is 5.92 Å². The van der Waals surface area contributed by atoms with E-state index in [0.717, 1.165) is 31.9 Å². The van der Waals surface area contributed by atoms with Gasteiger partial charge in [-0.2, -0.15) is 0 Å². The normalized spacial score (nSPS) is 38.5. The SMILES string of the molecule is CCC1CCCC(CO)(NCC2CCCO2)C1. The van der Waals surface area contributed by atoms with Crippen LogP contribution in [0.2, 0.25) is 0 Å². The van der Waals surface area contributed by atoms with E-state index in [2.05, 4.69) is 12.2 Å². The topological polar surface area (TPSA) is 41.5 Å². The van der Waals surface area contributed by atoms with E-state index in [0.29, 0.717) is 6.10 Å². The third kappa shape index (κ3) is 3.43. The zero-order chi connectivity index (χ0) is 12.1. The molecule has 0 aromatic rings. The Morgan fingerprint density at radius 3 is 2.88 bits per heavy atom. The van der Waals surface area contributed by atoms with Crippen molar-refractivity contribution >= 4 is 0 Å². The molecule has 1 saturated carbocycles. The lowest BCUT2D eigenvalue weighted by Gasteiger charge is -2.41. The Kier molecular flexibility index (Phi) is 4.83. The Hall–Kier alpha value is -0.120. The maximum Gasteiger partial charge on any atom is 0.0700 e. The second-order valence-corrected chi connectivity index (χ2v) is 5.82. The molecule has 1 aliphatic carbocycles. The number of aliphatic hydroxyl groups excluding tert-OH is 1. The quantitative estimate of drug-likeness (QED) is 0.774. The van der Waals surface area contributed by atoms with Crippen LogP contribution in [0.1, 0.15) is 51.9 Å². The minimum atomic E-state index is -0.0229. The lowest BCUT2D eigenvalue weighted by molar-refractivity contribution is 0.0619. The average molecular weight is 241 g/mol. The number of aliphatic hydroxyl groups is 1. The summed E-state index contributed by atoms with van der Waals surface area (Å²) in [6.45, 7) is 4.36. The van der Waals surface area contributed by atoms with E-state index in [-0.39, 0.29) is 12.1 Å². The number of ether oxygens (including phenoxy) is 1. The van der Waals surface area contributed by atoms with Gasteiger partial charge in [0.05, 0.1) is 12.7 Å². The highest BCUT2D eigenvalue weighted by molar-refractivity contribution is 4.93. The van der Waals surface area contributed by atoms with Crippen LogP contribution in [0.3, 0.4) is 0 Å². The minimum absolute atomic E-state index is 0.0229. The molecular weight excluding hydrogens is 214 g/mol. The lowest BCUT2D eigenvalue weighted by atomic mass is 9.75. The summed E-state index contributed by atoms with van der Waals surface area (Å²) < 4.78 is 5.64. The molecule has 3 unspecified atom stereocenters. The Labute approximate surface area is 105 Å². The van der Waals surface area contributed by atoms with Crippen molar-refractivity contribution in [2.75, 3.05) is 19.8 Å². The fraction of sp³-hybridized carbons (Fsp3) is 1.00. The standard InChI is InChI=1S/C14H27NO2/c1-2-12-5-3-7-14(9-12,11-16)15-10-13-6-4-8-17-13/h12-13,15-16H,2-11H2,1H3. The van der Waals surface area contributed by atoms with Gasteiger partial charge in [-0.25, -0.2) is 0 Å². The molecule has 100 valence electrons. The van der Waals surface area contributed by atoms with Gasteiger partial charge in [0, 0.05) is 18.7 Å². The maximum absolute atomic E-state index is 9.73. The number of hydrogen-bond acceptors (Lipinski definition) is 3. The molecule has 2 rings (SSSR count). The van der Waals surface area contributed by atoms with Gasteiger partial charge in [-0.15, -0.1) is 0 Å². The van der Waals surface area contributed by atoms with E-state index in [1.807, 2.05) is 0 Å². The molecule has 0 amide bonds. The monoisotopic (exact) mass is 241 g/mol. The van der Waals surface area contributed by atoms with Crippen LogP contribution >= 0.6 is 0 Å². The zero-order valence-electron chi connectivity index (χ0n) is 11.1. The van der Waals surface area contributed by atoms with Crippen LogP contribution in [0.25, 0.3) is 0 Å². The molecule has 3 nitrogen and oxygen atoms in total. The largest absolute Gasteiger partial charge is 0.394 e. The summed E-state index contributed by atoms with van der Waals surface area (Å²) in [6, 6.07) is 0. The van der Waals surface area contributed by atoms with Crippen LogP contribution < -0.4 is 5.32 Å². The van der Waals surface area contributed by atoms with Gasteiger partial charge in [0.25, 0.3) is 0 Å². The minimum Gasteiger partial charge on any atom is -0.394 e. The molecule has 2 aliphatic rings. The zero-order valence-corrected chi connectivity index (χ0v) is 11.1. The third-order valence-electron chi connectivity index (χ3n) is 4.56. The molecule has 2 fully saturated rings. The maximum atomic E-state index is 9.73. The Morgan fingerprint density at radius 2 is 2.24 bits per heavy atom. The fourth-order valence-electron chi connectivity index (χ4n) is 3.33. The molecule has 17 heavy (non-hydrogen) atoms. The Bertz CT molecular complexity index is 228. The molecule has 0 bridgehead atoms. The summed E-state index contributed by atoms with van der Waals surface area (Å²) in [4.78, 5) is 0. The van der Waals surface area contributed by atoms with Crippen molar-refractivity contribution in [1.82, 2.24) is 5.32 Å². The van der Waals surface area contributed by atoms with Gasteiger partial charge < -0.3 is 15.2 Å². The summed E-state index contributed by atoms with van der Waals surface area (Å²) in [5.74, 6) is 0.785. The van der Waals surface area contributed by atoms with Crippen LogP contribution in [0.5, 0.6) is 0 Å². The van der Waals surface area contributed by atoms with E-state index < -0.39 is 0 Å². The van der Waals surface area contributed by atoms with E-state index in [9.17, 15) is 5.11 Å². The first kappa shape index (κ1) is 13.3. The van der Waals surface area contributed by atoms with Crippen molar-refractivity contribution in [3.63, 3.8) is 0 Å². The third-order valence-corrected chi connectivity index (χ3v) is 4.56. The predicted molar refractivity (Wildman–Crippen MR) is 69.0 cm³/mol. The highest BCUT2D eigenvalue weighted by atomic mass is 16.5. The second kappa shape index (κ2) is 6.17. The van der Waals surface area contributed by atoms with Gasteiger partial charge >= 0.3 is 0 Å². The van der Waals surface area contributed by atoms with Gasteiger partial charge in [0.15, 0.2) is 0 Å². The van der Waals surface area contributed by atoms with Crippen molar-refractivity contribution in [3.8, 4) is 0 Å². The Balaban J connectivity index is 1.84.